The van der Waals surface area contributed by atoms with Crippen LogP contribution < -0.4 is 14.8 Å². The topological polar surface area (TPSA) is 50.8 Å². The molecule has 2 aromatic rings. The van der Waals surface area contributed by atoms with Crippen LogP contribution >= 0.6 is 11.6 Å². The van der Waals surface area contributed by atoms with Crippen LogP contribution in [0.5, 0.6) is 11.5 Å². The van der Waals surface area contributed by atoms with E-state index in [1.54, 1.807) is 25.3 Å². The van der Waals surface area contributed by atoms with Gasteiger partial charge < -0.3 is 19.7 Å². The minimum atomic E-state index is 0.0344. The number of amides is 1. The van der Waals surface area contributed by atoms with E-state index < -0.39 is 0 Å². The second-order valence-corrected chi connectivity index (χ2v) is 7.07. The second-order valence-electron chi connectivity index (χ2n) is 6.64. The normalized spacial score (nSPS) is 14.9. The SMILES string of the molecule is CNC1CCN(C(=O)c2ccc(OCc3ccc(Cl)cc3)c(OC)c2)CC1. The second kappa shape index (κ2) is 9.11. The molecular formula is C21H25ClN2O3. The first-order chi connectivity index (χ1) is 13.1. The number of nitrogens with one attached hydrogen (secondary N) is 1. The van der Waals surface area contributed by atoms with Gasteiger partial charge >= 0.3 is 0 Å². The Kier molecular flexibility index (Phi) is 6.58. The highest BCUT2D eigenvalue weighted by Gasteiger charge is 2.23. The third-order valence-electron chi connectivity index (χ3n) is 4.91. The summed E-state index contributed by atoms with van der Waals surface area (Å²) in [5.41, 5.74) is 1.63. The van der Waals surface area contributed by atoms with Crippen LogP contribution in [0.4, 0.5) is 0 Å². The van der Waals surface area contributed by atoms with Gasteiger partial charge in [-0.25, -0.2) is 0 Å². The van der Waals surface area contributed by atoms with Crippen LogP contribution in [0.3, 0.4) is 0 Å². The predicted molar refractivity (Wildman–Crippen MR) is 107 cm³/mol. The molecule has 0 atom stereocenters. The van der Waals surface area contributed by atoms with E-state index in [4.69, 9.17) is 21.1 Å². The fourth-order valence-electron chi connectivity index (χ4n) is 3.22. The minimum Gasteiger partial charge on any atom is -0.493 e. The molecule has 0 unspecified atom stereocenters. The number of halogens is 1. The van der Waals surface area contributed by atoms with Crippen LogP contribution in [0.15, 0.2) is 42.5 Å². The molecule has 6 heteroatoms. The van der Waals surface area contributed by atoms with Gasteiger partial charge in [-0.3, -0.25) is 4.79 Å². The van der Waals surface area contributed by atoms with E-state index in [2.05, 4.69) is 5.32 Å². The van der Waals surface area contributed by atoms with Crippen molar-refractivity contribution in [2.75, 3.05) is 27.2 Å². The molecule has 1 fully saturated rings. The summed E-state index contributed by atoms with van der Waals surface area (Å²) in [6.45, 7) is 1.93. The number of methoxy groups -OCH3 is 1. The first kappa shape index (κ1) is 19.5. The van der Waals surface area contributed by atoms with Crippen molar-refractivity contribution in [1.82, 2.24) is 10.2 Å². The van der Waals surface area contributed by atoms with E-state index in [-0.39, 0.29) is 5.91 Å². The summed E-state index contributed by atoms with van der Waals surface area (Å²) in [6.07, 6.45) is 1.95. The van der Waals surface area contributed by atoms with Gasteiger partial charge in [0.05, 0.1) is 7.11 Å². The number of hydrogen-bond donors (Lipinski definition) is 1. The summed E-state index contributed by atoms with van der Waals surface area (Å²) in [6, 6.07) is 13.3. The molecule has 0 bridgehead atoms. The summed E-state index contributed by atoms with van der Waals surface area (Å²) >= 11 is 5.90. The molecule has 0 saturated carbocycles. The Morgan fingerprint density at radius 1 is 1.15 bits per heavy atom. The Morgan fingerprint density at radius 2 is 1.85 bits per heavy atom. The Hall–Kier alpha value is -2.24. The zero-order chi connectivity index (χ0) is 19.2. The van der Waals surface area contributed by atoms with Crippen molar-refractivity contribution in [3.63, 3.8) is 0 Å². The van der Waals surface area contributed by atoms with E-state index in [0.29, 0.717) is 34.7 Å². The Balaban J connectivity index is 1.66. The molecule has 5 nitrogen and oxygen atoms in total. The summed E-state index contributed by atoms with van der Waals surface area (Å²) in [5.74, 6) is 1.20. The summed E-state index contributed by atoms with van der Waals surface area (Å²) in [4.78, 5) is 14.7. The van der Waals surface area contributed by atoms with Crippen molar-refractivity contribution in [3.8, 4) is 11.5 Å². The molecule has 0 aromatic heterocycles. The van der Waals surface area contributed by atoms with Gasteiger partial charge in [0.15, 0.2) is 11.5 Å². The Morgan fingerprint density at radius 3 is 2.48 bits per heavy atom. The molecule has 27 heavy (non-hydrogen) atoms. The lowest BCUT2D eigenvalue weighted by Crippen LogP contribution is -2.43. The summed E-state index contributed by atoms with van der Waals surface area (Å²) < 4.78 is 11.3. The lowest BCUT2D eigenvalue weighted by Gasteiger charge is -2.32. The van der Waals surface area contributed by atoms with Gasteiger partial charge in [0.1, 0.15) is 6.61 Å². The molecular weight excluding hydrogens is 364 g/mol. The fraction of sp³-hybridized carbons (Fsp3) is 0.381. The van der Waals surface area contributed by atoms with Gasteiger partial charge in [0.2, 0.25) is 0 Å². The molecule has 1 heterocycles. The van der Waals surface area contributed by atoms with E-state index >= 15 is 0 Å². The van der Waals surface area contributed by atoms with Gasteiger partial charge in [0.25, 0.3) is 5.91 Å². The summed E-state index contributed by atoms with van der Waals surface area (Å²) in [7, 11) is 3.55. The van der Waals surface area contributed by atoms with E-state index in [1.165, 1.54) is 0 Å². The highest BCUT2D eigenvalue weighted by molar-refractivity contribution is 6.30. The zero-order valence-electron chi connectivity index (χ0n) is 15.7. The maximum atomic E-state index is 12.8. The maximum absolute atomic E-state index is 12.8. The monoisotopic (exact) mass is 388 g/mol. The lowest BCUT2D eigenvalue weighted by atomic mass is 10.0. The quantitative estimate of drug-likeness (QED) is 0.818. The van der Waals surface area contributed by atoms with Gasteiger partial charge in [0, 0.05) is 29.7 Å². The number of nitrogens with zero attached hydrogens (tertiary/aromatic N) is 1. The summed E-state index contributed by atoms with van der Waals surface area (Å²) in [5, 5.41) is 3.97. The molecule has 1 saturated heterocycles. The standard InChI is InChI=1S/C21H25ClN2O3/c1-23-18-9-11-24(12-10-18)21(25)16-5-8-19(20(13-16)26-2)27-14-15-3-6-17(22)7-4-15/h3-8,13,18,23H,9-12,14H2,1-2H3. The third-order valence-corrected chi connectivity index (χ3v) is 5.16. The average molecular weight is 389 g/mol. The molecule has 1 aliphatic rings. The van der Waals surface area contributed by atoms with Crippen LogP contribution in [0, 0.1) is 0 Å². The largest absolute Gasteiger partial charge is 0.493 e. The predicted octanol–water partition coefficient (Wildman–Crippen LogP) is 3.75. The maximum Gasteiger partial charge on any atom is 0.253 e. The highest BCUT2D eigenvalue weighted by atomic mass is 35.5. The molecule has 0 radical (unpaired) electrons. The third kappa shape index (κ3) is 4.93. The molecule has 1 aliphatic heterocycles. The number of rotatable bonds is 6. The van der Waals surface area contributed by atoms with Crippen LogP contribution in [-0.4, -0.2) is 44.1 Å². The Labute approximate surface area is 165 Å². The zero-order valence-corrected chi connectivity index (χ0v) is 16.5. The molecule has 2 aromatic carbocycles. The molecule has 3 rings (SSSR count). The lowest BCUT2D eigenvalue weighted by molar-refractivity contribution is 0.0707. The van der Waals surface area contributed by atoms with E-state index in [1.807, 2.05) is 36.2 Å². The van der Waals surface area contributed by atoms with E-state index in [0.717, 1.165) is 31.5 Å². The van der Waals surface area contributed by atoms with Crippen molar-refractivity contribution in [2.24, 2.45) is 0 Å². The number of benzene rings is 2. The van der Waals surface area contributed by atoms with Gasteiger partial charge in [-0.05, 0) is 55.8 Å². The van der Waals surface area contributed by atoms with Crippen molar-refractivity contribution >= 4 is 17.5 Å². The molecule has 0 aliphatic carbocycles. The van der Waals surface area contributed by atoms with Crippen LogP contribution in [-0.2, 0) is 6.61 Å². The van der Waals surface area contributed by atoms with Gasteiger partial charge in [-0.1, -0.05) is 23.7 Å². The highest BCUT2D eigenvalue weighted by Crippen LogP contribution is 2.30. The number of hydrogen-bond acceptors (Lipinski definition) is 4. The first-order valence-corrected chi connectivity index (χ1v) is 9.50. The number of likely N-dealkylation sites (tertiary alicyclic amines) is 1. The van der Waals surface area contributed by atoms with Crippen molar-refractivity contribution in [2.45, 2.75) is 25.5 Å². The number of carbonyl (C=O) groups excluding carboxylic acids is 1. The van der Waals surface area contributed by atoms with Gasteiger partial charge in [-0.2, -0.15) is 0 Å². The molecule has 1 amide bonds. The van der Waals surface area contributed by atoms with Crippen LogP contribution in [0.1, 0.15) is 28.8 Å². The fourth-order valence-corrected chi connectivity index (χ4v) is 3.34. The Bertz CT molecular complexity index is 771. The smallest absolute Gasteiger partial charge is 0.253 e. The molecule has 1 N–H and O–H groups in total. The van der Waals surface area contributed by atoms with Crippen LogP contribution in [0.25, 0.3) is 0 Å². The molecule has 144 valence electrons. The number of carbonyl (C=O) groups is 1. The van der Waals surface area contributed by atoms with Crippen LogP contribution in [0.2, 0.25) is 5.02 Å². The number of ether oxygens (including phenoxy) is 2. The first-order valence-electron chi connectivity index (χ1n) is 9.12. The average Bonchev–Trinajstić information content (AvgIpc) is 2.72. The van der Waals surface area contributed by atoms with Gasteiger partial charge in [-0.15, -0.1) is 0 Å². The minimum absolute atomic E-state index is 0.0344. The van der Waals surface area contributed by atoms with Crippen molar-refractivity contribution < 1.29 is 14.3 Å². The van der Waals surface area contributed by atoms with Crippen molar-refractivity contribution in [3.05, 3.63) is 58.6 Å². The van der Waals surface area contributed by atoms with Crippen molar-refractivity contribution in [1.29, 1.82) is 0 Å². The van der Waals surface area contributed by atoms with E-state index in [9.17, 15) is 4.79 Å². The number of piperidine rings is 1. The molecule has 0 spiro atoms.